The topological polar surface area (TPSA) is 44.8 Å². The van der Waals surface area contributed by atoms with E-state index in [-0.39, 0.29) is 5.91 Å². The van der Waals surface area contributed by atoms with Crippen molar-refractivity contribution in [1.82, 2.24) is 4.90 Å². The summed E-state index contributed by atoms with van der Waals surface area (Å²) in [6, 6.07) is 15.1. The van der Waals surface area contributed by atoms with Gasteiger partial charge in [0, 0.05) is 56.6 Å². The Morgan fingerprint density at radius 1 is 1.00 bits per heavy atom. The maximum atomic E-state index is 11.6. The molecule has 154 valence electrons. The second kappa shape index (κ2) is 9.31. The van der Waals surface area contributed by atoms with E-state index in [0.29, 0.717) is 13.0 Å². The molecule has 2 aliphatic heterocycles. The van der Waals surface area contributed by atoms with Crippen molar-refractivity contribution in [3.8, 4) is 5.75 Å². The monoisotopic (exact) mass is 393 g/mol. The van der Waals surface area contributed by atoms with Crippen LogP contribution in [0, 0.1) is 0 Å². The molecule has 1 saturated heterocycles. The smallest absolute Gasteiger partial charge is 0.224 e. The zero-order valence-corrected chi connectivity index (χ0v) is 17.3. The number of benzene rings is 2. The molecule has 0 saturated carbocycles. The molecule has 0 aromatic heterocycles. The minimum absolute atomic E-state index is 0.0903. The summed E-state index contributed by atoms with van der Waals surface area (Å²) >= 11 is 0. The fourth-order valence-corrected chi connectivity index (χ4v) is 4.13. The SMILES string of the molecule is CCCc1ccc(N2CCN(CCOc3ccc4c(c3)NC(=O)CC4)CC2)cc1. The molecule has 4 rings (SSSR count). The lowest BCUT2D eigenvalue weighted by Gasteiger charge is -2.36. The number of fused-ring (bicyclic) bond motifs is 1. The van der Waals surface area contributed by atoms with E-state index in [1.54, 1.807) is 0 Å². The van der Waals surface area contributed by atoms with Crippen LogP contribution >= 0.6 is 0 Å². The summed E-state index contributed by atoms with van der Waals surface area (Å²) in [4.78, 5) is 16.5. The van der Waals surface area contributed by atoms with E-state index in [4.69, 9.17) is 4.74 Å². The third kappa shape index (κ3) is 5.10. The summed E-state index contributed by atoms with van der Waals surface area (Å²) in [5, 5.41) is 2.94. The highest BCUT2D eigenvalue weighted by Gasteiger charge is 2.18. The third-order valence-electron chi connectivity index (χ3n) is 5.87. The Kier molecular flexibility index (Phi) is 6.35. The van der Waals surface area contributed by atoms with Gasteiger partial charge in [-0.3, -0.25) is 9.69 Å². The Morgan fingerprint density at radius 2 is 1.79 bits per heavy atom. The molecule has 2 aliphatic rings. The summed E-state index contributed by atoms with van der Waals surface area (Å²) in [5.74, 6) is 0.921. The maximum Gasteiger partial charge on any atom is 0.224 e. The molecule has 1 amide bonds. The standard InChI is InChI=1S/C24H31N3O2/c1-2-3-19-4-8-21(9-5-19)27-14-12-26(13-15-27)16-17-29-22-10-6-20-7-11-24(28)25-23(20)18-22/h4-6,8-10,18H,2-3,7,11-17H2,1H3,(H,25,28). The number of piperazine rings is 1. The highest BCUT2D eigenvalue weighted by Crippen LogP contribution is 2.27. The van der Waals surface area contributed by atoms with Crippen LogP contribution in [0.2, 0.25) is 0 Å². The van der Waals surface area contributed by atoms with Crippen molar-refractivity contribution in [2.75, 3.05) is 49.5 Å². The molecular formula is C24H31N3O2. The van der Waals surface area contributed by atoms with Crippen LogP contribution in [-0.2, 0) is 17.6 Å². The number of carbonyl (C=O) groups excluding carboxylic acids is 1. The van der Waals surface area contributed by atoms with Crippen LogP contribution in [-0.4, -0.2) is 50.1 Å². The Labute approximate surface area is 173 Å². The van der Waals surface area contributed by atoms with E-state index in [1.165, 1.54) is 23.2 Å². The van der Waals surface area contributed by atoms with Gasteiger partial charge in [0.15, 0.2) is 0 Å². The molecule has 0 atom stereocenters. The van der Waals surface area contributed by atoms with E-state index in [9.17, 15) is 4.79 Å². The lowest BCUT2D eigenvalue weighted by atomic mass is 10.0. The summed E-state index contributed by atoms with van der Waals surface area (Å²) in [5.41, 5.74) is 4.85. The van der Waals surface area contributed by atoms with Crippen LogP contribution in [0.25, 0.3) is 0 Å². The van der Waals surface area contributed by atoms with Crippen molar-refractivity contribution in [3.05, 3.63) is 53.6 Å². The van der Waals surface area contributed by atoms with E-state index in [0.717, 1.165) is 57.0 Å². The van der Waals surface area contributed by atoms with Crippen molar-refractivity contribution in [1.29, 1.82) is 0 Å². The second-order valence-electron chi connectivity index (χ2n) is 7.96. The number of carbonyl (C=O) groups is 1. The Bertz CT molecular complexity index is 827. The highest BCUT2D eigenvalue weighted by atomic mass is 16.5. The van der Waals surface area contributed by atoms with Gasteiger partial charge in [-0.2, -0.15) is 0 Å². The van der Waals surface area contributed by atoms with Gasteiger partial charge < -0.3 is 15.0 Å². The van der Waals surface area contributed by atoms with Gasteiger partial charge >= 0.3 is 0 Å². The first-order valence-electron chi connectivity index (χ1n) is 10.8. The Hall–Kier alpha value is -2.53. The van der Waals surface area contributed by atoms with Crippen molar-refractivity contribution in [3.63, 3.8) is 0 Å². The molecule has 0 radical (unpaired) electrons. The highest BCUT2D eigenvalue weighted by molar-refractivity contribution is 5.94. The Balaban J connectivity index is 1.21. The third-order valence-corrected chi connectivity index (χ3v) is 5.87. The molecule has 0 bridgehead atoms. The second-order valence-corrected chi connectivity index (χ2v) is 7.96. The van der Waals surface area contributed by atoms with E-state index < -0.39 is 0 Å². The van der Waals surface area contributed by atoms with Crippen molar-refractivity contribution < 1.29 is 9.53 Å². The minimum atomic E-state index is 0.0903. The van der Waals surface area contributed by atoms with Crippen LogP contribution in [0.1, 0.15) is 30.9 Å². The average Bonchev–Trinajstić information content (AvgIpc) is 2.75. The zero-order valence-electron chi connectivity index (χ0n) is 17.3. The van der Waals surface area contributed by atoms with Crippen LogP contribution < -0.4 is 15.0 Å². The van der Waals surface area contributed by atoms with Crippen LogP contribution in [0.3, 0.4) is 0 Å². The number of nitrogens with one attached hydrogen (secondary N) is 1. The maximum absolute atomic E-state index is 11.6. The fourth-order valence-electron chi connectivity index (χ4n) is 4.13. The lowest BCUT2D eigenvalue weighted by Crippen LogP contribution is -2.47. The van der Waals surface area contributed by atoms with Crippen molar-refractivity contribution in [2.45, 2.75) is 32.6 Å². The van der Waals surface area contributed by atoms with Gasteiger partial charge in [-0.15, -0.1) is 0 Å². The summed E-state index contributed by atoms with van der Waals surface area (Å²) in [6.45, 7) is 8.03. The molecule has 2 aromatic carbocycles. The van der Waals surface area contributed by atoms with Crippen molar-refractivity contribution in [2.24, 2.45) is 0 Å². The number of hydrogen-bond donors (Lipinski definition) is 1. The number of anilines is 2. The fraction of sp³-hybridized carbons (Fsp3) is 0.458. The molecule has 5 nitrogen and oxygen atoms in total. The van der Waals surface area contributed by atoms with E-state index in [1.807, 2.05) is 12.1 Å². The normalized spacial score (nSPS) is 17.0. The molecule has 0 unspecified atom stereocenters. The molecular weight excluding hydrogens is 362 g/mol. The molecule has 5 heteroatoms. The number of aryl methyl sites for hydroxylation is 2. The van der Waals surface area contributed by atoms with Crippen LogP contribution in [0.15, 0.2) is 42.5 Å². The minimum Gasteiger partial charge on any atom is -0.492 e. The predicted octanol–water partition coefficient (Wildman–Crippen LogP) is 3.72. The largest absolute Gasteiger partial charge is 0.492 e. The van der Waals surface area contributed by atoms with Crippen LogP contribution in [0.5, 0.6) is 5.75 Å². The van der Waals surface area contributed by atoms with Gasteiger partial charge in [0.2, 0.25) is 5.91 Å². The van der Waals surface area contributed by atoms with E-state index in [2.05, 4.69) is 52.4 Å². The number of ether oxygens (including phenoxy) is 1. The first kappa shape index (κ1) is 19.8. The molecule has 29 heavy (non-hydrogen) atoms. The predicted molar refractivity (Wildman–Crippen MR) is 118 cm³/mol. The molecule has 1 N–H and O–H groups in total. The molecule has 2 aromatic rings. The molecule has 1 fully saturated rings. The number of amides is 1. The van der Waals surface area contributed by atoms with E-state index >= 15 is 0 Å². The number of hydrogen-bond acceptors (Lipinski definition) is 4. The number of nitrogens with zero attached hydrogens (tertiary/aromatic N) is 2. The van der Waals surface area contributed by atoms with Crippen LogP contribution in [0.4, 0.5) is 11.4 Å². The number of rotatable bonds is 7. The quantitative estimate of drug-likeness (QED) is 0.779. The van der Waals surface area contributed by atoms with Gasteiger partial charge in [-0.1, -0.05) is 31.5 Å². The van der Waals surface area contributed by atoms with Crippen molar-refractivity contribution >= 4 is 17.3 Å². The molecule has 0 aliphatic carbocycles. The molecule has 0 spiro atoms. The van der Waals surface area contributed by atoms with Gasteiger partial charge in [-0.25, -0.2) is 0 Å². The summed E-state index contributed by atoms with van der Waals surface area (Å²) < 4.78 is 5.95. The Morgan fingerprint density at radius 3 is 2.55 bits per heavy atom. The first-order valence-corrected chi connectivity index (χ1v) is 10.8. The van der Waals surface area contributed by atoms with Gasteiger partial charge in [0.05, 0.1) is 0 Å². The van der Waals surface area contributed by atoms with Gasteiger partial charge in [0.1, 0.15) is 12.4 Å². The molecule has 2 heterocycles. The first-order chi connectivity index (χ1) is 14.2. The van der Waals surface area contributed by atoms with Gasteiger partial charge in [0.25, 0.3) is 0 Å². The summed E-state index contributed by atoms with van der Waals surface area (Å²) in [6.07, 6.45) is 3.74. The lowest BCUT2D eigenvalue weighted by molar-refractivity contribution is -0.116. The van der Waals surface area contributed by atoms with Gasteiger partial charge in [-0.05, 0) is 42.2 Å². The average molecular weight is 394 g/mol. The summed E-state index contributed by atoms with van der Waals surface area (Å²) in [7, 11) is 0. The zero-order chi connectivity index (χ0) is 20.1.